The molecular weight excluding hydrogens is 434 g/mol. The van der Waals surface area contributed by atoms with E-state index >= 15 is 0 Å². The van der Waals surface area contributed by atoms with E-state index < -0.39 is 34.7 Å². The average Bonchev–Trinajstić information content (AvgIpc) is 2.76. The molecule has 11 nitrogen and oxygen atoms in total. The first-order chi connectivity index (χ1) is 15.6. The van der Waals surface area contributed by atoms with Gasteiger partial charge in [0.05, 0.1) is 18.0 Å². The van der Waals surface area contributed by atoms with E-state index in [0.29, 0.717) is 11.3 Å². The second-order valence-electron chi connectivity index (χ2n) is 7.01. The van der Waals surface area contributed by atoms with Crippen LogP contribution in [-0.4, -0.2) is 46.4 Å². The van der Waals surface area contributed by atoms with Crippen LogP contribution in [0.4, 0.5) is 11.4 Å². The zero-order valence-corrected chi connectivity index (χ0v) is 17.9. The van der Waals surface area contributed by atoms with E-state index in [0.717, 1.165) is 0 Å². The van der Waals surface area contributed by atoms with Gasteiger partial charge >= 0.3 is 11.9 Å². The molecule has 0 heterocycles. The number of anilines is 1. The van der Waals surface area contributed by atoms with Crippen LogP contribution < -0.4 is 10.6 Å². The van der Waals surface area contributed by atoms with E-state index in [1.165, 1.54) is 55.5 Å². The van der Waals surface area contributed by atoms with Crippen LogP contribution in [-0.2, 0) is 19.1 Å². The second-order valence-corrected chi connectivity index (χ2v) is 7.01. The number of carboxylic acids is 1. The lowest BCUT2D eigenvalue weighted by atomic mass is 9.88. The Kier molecular flexibility index (Phi) is 8.61. The Morgan fingerprint density at radius 2 is 1.67 bits per heavy atom. The highest BCUT2D eigenvalue weighted by Crippen LogP contribution is 2.27. The summed E-state index contributed by atoms with van der Waals surface area (Å²) in [6.45, 7) is 3.01. The summed E-state index contributed by atoms with van der Waals surface area (Å²) in [6.07, 6.45) is -0.371. The smallest absolute Gasteiger partial charge is 0.326 e. The number of hydrogen-bond acceptors (Lipinski definition) is 7. The summed E-state index contributed by atoms with van der Waals surface area (Å²) in [5.74, 6) is -4.13. The highest BCUT2D eigenvalue weighted by atomic mass is 16.6. The number of amides is 2. The molecule has 0 unspecified atom stereocenters. The third kappa shape index (κ3) is 7.13. The Hall–Kier alpha value is -4.28. The highest BCUT2D eigenvalue weighted by molar-refractivity contribution is 5.97. The predicted molar refractivity (Wildman–Crippen MR) is 117 cm³/mol. The van der Waals surface area contributed by atoms with E-state index in [9.17, 15) is 34.4 Å². The summed E-state index contributed by atoms with van der Waals surface area (Å²) in [4.78, 5) is 58.4. The van der Waals surface area contributed by atoms with Crippen molar-refractivity contribution in [1.29, 1.82) is 0 Å². The van der Waals surface area contributed by atoms with Gasteiger partial charge in [-0.2, -0.15) is 0 Å². The van der Waals surface area contributed by atoms with Gasteiger partial charge in [0.1, 0.15) is 6.04 Å². The third-order valence-corrected chi connectivity index (χ3v) is 4.65. The molecule has 0 aliphatic rings. The van der Waals surface area contributed by atoms with Gasteiger partial charge < -0.3 is 20.5 Å². The Morgan fingerprint density at radius 1 is 1.06 bits per heavy atom. The predicted octanol–water partition coefficient (Wildman–Crippen LogP) is 2.47. The molecule has 0 bridgehead atoms. The Labute approximate surface area is 188 Å². The van der Waals surface area contributed by atoms with Gasteiger partial charge in [-0.15, -0.1) is 0 Å². The number of nitro benzene ring substituents is 1. The second kappa shape index (κ2) is 11.4. The molecule has 33 heavy (non-hydrogen) atoms. The van der Waals surface area contributed by atoms with Gasteiger partial charge in [0.2, 0.25) is 5.91 Å². The number of rotatable bonds is 10. The maximum atomic E-state index is 12.7. The SMILES string of the molecule is CCOC(=O)C[C@@H](c1ccc([N+](=O)[O-])cc1)[C@H](NC(=O)c1ccc(NC(C)=O)cc1)C(=O)O. The molecule has 3 N–H and O–H groups in total. The lowest BCUT2D eigenvalue weighted by Crippen LogP contribution is -2.45. The van der Waals surface area contributed by atoms with Gasteiger partial charge in [0.25, 0.3) is 11.6 Å². The molecule has 0 radical (unpaired) electrons. The molecule has 0 aromatic heterocycles. The fourth-order valence-corrected chi connectivity index (χ4v) is 3.14. The van der Waals surface area contributed by atoms with Crippen molar-refractivity contribution >= 4 is 35.1 Å². The van der Waals surface area contributed by atoms with E-state index in [1.807, 2.05) is 0 Å². The average molecular weight is 457 g/mol. The summed E-state index contributed by atoms with van der Waals surface area (Å²) in [7, 11) is 0. The quantitative estimate of drug-likeness (QED) is 0.278. The number of ether oxygens (including phenoxy) is 1. The van der Waals surface area contributed by atoms with Gasteiger partial charge in [0, 0.05) is 36.2 Å². The van der Waals surface area contributed by atoms with Crippen molar-refractivity contribution in [3.63, 3.8) is 0 Å². The van der Waals surface area contributed by atoms with Crippen LogP contribution in [0.2, 0.25) is 0 Å². The summed E-state index contributed by atoms with van der Waals surface area (Å²) < 4.78 is 4.93. The van der Waals surface area contributed by atoms with E-state index in [1.54, 1.807) is 6.92 Å². The summed E-state index contributed by atoms with van der Waals surface area (Å²) in [6, 6.07) is 9.32. The molecule has 2 aromatic carbocycles. The van der Waals surface area contributed by atoms with Crippen molar-refractivity contribution in [1.82, 2.24) is 5.32 Å². The molecule has 174 valence electrons. The van der Waals surface area contributed by atoms with Crippen LogP contribution in [0, 0.1) is 10.1 Å². The van der Waals surface area contributed by atoms with Crippen molar-refractivity contribution in [3.8, 4) is 0 Å². The number of carbonyl (C=O) groups excluding carboxylic acids is 3. The molecule has 2 atom stereocenters. The number of nitrogens with zero attached hydrogens (tertiary/aromatic N) is 1. The number of carbonyl (C=O) groups is 4. The van der Waals surface area contributed by atoms with Crippen molar-refractivity contribution in [2.24, 2.45) is 0 Å². The number of carboxylic acid groups (broad SMARTS) is 1. The molecule has 2 aromatic rings. The van der Waals surface area contributed by atoms with Gasteiger partial charge in [-0.25, -0.2) is 4.79 Å². The van der Waals surface area contributed by atoms with Crippen LogP contribution in [0.15, 0.2) is 48.5 Å². The monoisotopic (exact) mass is 457 g/mol. The fraction of sp³-hybridized carbons (Fsp3) is 0.273. The molecule has 0 saturated heterocycles. The standard InChI is InChI=1S/C22H23N3O8/c1-3-33-19(27)12-18(14-6-10-17(11-7-14)25(31)32)20(22(29)30)24-21(28)15-4-8-16(9-5-15)23-13(2)26/h4-11,18,20H,3,12H2,1-2H3,(H,23,26)(H,24,28)(H,29,30)/t18-,20-/m0/s1. The molecule has 2 amide bonds. The summed E-state index contributed by atoms with van der Waals surface area (Å²) in [5, 5.41) is 25.7. The van der Waals surface area contributed by atoms with Gasteiger partial charge in [-0.1, -0.05) is 12.1 Å². The molecule has 0 aliphatic heterocycles. The lowest BCUT2D eigenvalue weighted by molar-refractivity contribution is -0.384. The molecular formula is C22H23N3O8. The fourth-order valence-electron chi connectivity index (χ4n) is 3.14. The highest BCUT2D eigenvalue weighted by Gasteiger charge is 2.33. The first-order valence-corrected chi connectivity index (χ1v) is 9.93. The normalized spacial score (nSPS) is 12.2. The van der Waals surface area contributed by atoms with E-state index in [2.05, 4.69) is 10.6 Å². The van der Waals surface area contributed by atoms with Crippen LogP contribution in [0.25, 0.3) is 0 Å². The minimum atomic E-state index is -1.53. The molecule has 0 fully saturated rings. The van der Waals surface area contributed by atoms with Crippen LogP contribution in [0.1, 0.15) is 42.1 Å². The number of hydrogen-bond donors (Lipinski definition) is 3. The molecule has 11 heteroatoms. The number of benzene rings is 2. The van der Waals surface area contributed by atoms with Crippen LogP contribution in [0.3, 0.4) is 0 Å². The molecule has 0 saturated carbocycles. The number of nitro groups is 1. The van der Waals surface area contributed by atoms with E-state index in [4.69, 9.17) is 4.74 Å². The number of aliphatic carboxylic acids is 1. The van der Waals surface area contributed by atoms with Crippen molar-refractivity contribution in [2.75, 3.05) is 11.9 Å². The van der Waals surface area contributed by atoms with Crippen LogP contribution >= 0.6 is 0 Å². The zero-order chi connectivity index (χ0) is 24.5. The lowest BCUT2D eigenvalue weighted by Gasteiger charge is -2.25. The maximum absolute atomic E-state index is 12.7. The first kappa shape index (κ1) is 25.0. The van der Waals surface area contributed by atoms with Gasteiger partial charge in [-0.3, -0.25) is 24.5 Å². The molecule has 0 spiro atoms. The van der Waals surface area contributed by atoms with Gasteiger partial charge in [-0.05, 0) is 36.8 Å². The summed E-state index contributed by atoms with van der Waals surface area (Å²) in [5.41, 5.74) is 0.694. The topological polar surface area (TPSA) is 165 Å². The molecule has 0 aliphatic carbocycles. The minimum Gasteiger partial charge on any atom is -0.480 e. The van der Waals surface area contributed by atoms with Crippen LogP contribution in [0.5, 0.6) is 0 Å². The largest absolute Gasteiger partial charge is 0.480 e. The Morgan fingerprint density at radius 3 is 2.15 bits per heavy atom. The van der Waals surface area contributed by atoms with Crippen molar-refractivity contribution in [2.45, 2.75) is 32.2 Å². The zero-order valence-electron chi connectivity index (χ0n) is 17.9. The third-order valence-electron chi connectivity index (χ3n) is 4.65. The Balaban J connectivity index is 2.32. The minimum absolute atomic E-state index is 0.0799. The number of nitrogens with one attached hydrogen (secondary N) is 2. The summed E-state index contributed by atoms with van der Waals surface area (Å²) >= 11 is 0. The van der Waals surface area contributed by atoms with Crippen molar-refractivity contribution < 1.29 is 33.9 Å². The Bertz CT molecular complexity index is 1030. The first-order valence-electron chi connectivity index (χ1n) is 9.93. The number of esters is 1. The van der Waals surface area contributed by atoms with E-state index in [-0.39, 0.29) is 30.2 Å². The molecule has 2 rings (SSSR count). The van der Waals surface area contributed by atoms with Gasteiger partial charge in [0.15, 0.2) is 0 Å². The van der Waals surface area contributed by atoms with Crippen molar-refractivity contribution in [3.05, 3.63) is 69.8 Å². The number of non-ortho nitro benzene ring substituents is 1. The maximum Gasteiger partial charge on any atom is 0.326 e.